The standard InChI is InChI=1S/C34H42Cl2N6O5/c1-5-45-32(43)16-23-6-8-40(9-7-23)22-24-14-28(25-17-26(35)19-27(36)18-25)39-30(15-24)46-31-21-37-29(20-38-31)41-10-12-42(13-11-41)33(44)47-34(2,3)4/h14-15,17-21,23H,5-13,16,22H2,1-4H3. The first-order valence-electron chi connectivity index (χ1n) is 16.0. The van der Waals surface area contributed by atoms with Crippen LogP contribution in [-0.4, -0.2) is 88.3 Å². The number of hydrogen-bond donors (Lipinski definition) is 0. The summed E-state index contributed by atoms with van der Waals surface area (Å²) in [5.74, 6) is 1.59. The number of carbonyl (C=O) groups excluding carboxylic acids is 2. The molecule has 2 saturated heterocycles. The molecular weight excluding hydrogens is 643 g/mol. The van der Waals surface area contributed by atoms with E-state index in [9.17, 15) is 9.59 Å². The third-order valence-electron chi connectivity index (χ3n) is 7.97. The lowest BCUT2D eigenvalue weighted by Crippen LogP contribution is -2.50. The molecule has 11 nitrogen and oxygen atoms in total. The van der Waals surface area contributed by atoms with Gasteiger partial charge in [-0.2, -0.15) is 0 Å². The van der Waals surface area contributed by atoms with E-state index < -0.39 is 5.60 Å². The molecule has 0 aliphatic carbocycles. The number of likely N-dealkylation sites (tertiary alicyclic amines) is 1. The van der Waals surface area contributed by atoms with Crippen LogP contribution in [0, 0.1) is 5.92 Å². The summed E-state index contributed by atoms with van der Waals surface area (Å²) in [7, 11) is 0. The highest BCUT2D eigenvalue weighted by Crippen LogP contribution is 2.31. The average molecular weight is 686 g/mol. The molecule has 1 aromatic carbocycles. The van der Waals surface area contributed by atoms with Crippen LogP contribution in [-0.2, 0) is 20.8 Å². The molecule has 13 heteroatoms. The minimum absolute atomic E-state index is 0.122. The number of rotatable bonds is 9. The van der Waals surface area contributed by atoms with Gasteiger partial charge in [-0.25, -0.2) is 19.7 Å². The van der Waals surface area contributed by atoms with E-state index in [-0.39, 0.29) is 12.1 Å². The molecule has 4 heterocycles. The van der Waals surface area contributed by atoms with Crippen LogP contribution >= 0.6 is 23.2 Å². The molecule has 0 radical (unpaired) electrons. The van der Waals surface area contributed by atoms with Crippen LogP contribution in [0.3, 0.4) is 0 Å². The lowest BCUT2D eigenvalue weighted by Gasteiger charge is -2.36. The van der Waals surface area contributed by atoms with Crippen LogP contribution < -0.4 is 9.64 Å². The van der Waals surface area contributed by atoms with Crippen molar-refractivity contribution in [3.63, 3.8) is 0 Å². The summed E-state index contributed by atoms with van der Waals surface area (Å²) in [6.45, 7) is 12.6. The molecule has 2 aliphatic heterocycles. The highest BCUT2D eigenvalue weighted by Gasteiger charge is 2.27. The van der Waals surface area contributed by atoms with E-state index >= 15 is 0 Å². The van der Waals surface area contributed by atoms with Crippen molar-refractivity contribution in [2.45, 2.75) is 59.1 Å². The van der Waals surface area contributed by atoms with Gasteiger partial charge in [0.2, 0.25) is 11.8 Å². The van der Waals surface area contributed by atoms with E-state index in [2.05, 4.69) is 19.8 Å². The van der Waals surface area contributed by atoms with E-state index in [0.717, 1.165) is 37.1 Å². The number of ether oxygens (including phenoxy) is 3. The zero-order chi connectivity index (χ0) is 33.6. The van der Waals surface area contributed by atoms with Gasteiger partial charge in [0, 0.05) is 60.8 Å². The van der Waals surface area contributed by atoms with E-state index in [1.54, 1.807) is 23.4 Å². The summed E-state index contributed by atoms with van der Waals surface area (Å²) in [5, 5.41) is 1.03. The van der Waals surface area contributed by atoms with Crippen molar-refractivity contribution in [3.05, 3.63) is 58.3 Å². The Morgan fingerprint density at radius 3 is 2.21 bits per heavy atom. The number of piperazine rings is 1. The predicted octanol–water partition coefficient (Wildman–Crippen LogP) is 6.86. The molecule has 2 aliphatic rings. The Morgan fingerprint density at radius 1 is 0.894 bits per heavy atom. The number of aromatic nitrogens is 3. The first-order valence-corrected chi connectivity index (χ1v) is 16.8. The summed E-state index contributed by atoms with van der Waals surface area (Å²) in [5.41, 5.74) is 1.92. The van der Waals surface area contributed by atoms with Crippen LogP contribution in [0.1, 0.15) is 52.5 Å². The maximum absolute atomic E-state index is 12.4. The molecule has 3 aromatic rings. The monoisotopic (exact) mass is 684 g/mol. The average Bonchev–Trinajstić information content (AvgIpc) is 3.01. The van der Waals surface area contributed by atoms with Crippen LogP contribution in [0.4, 0.5) is 10.6 Å². The van der Waals surface area contributed by atoms with Crippen molar-refractivity contribution < 1.29 is 23.8 Å². The Hall–Kier alpha value is -3.67. The zero-order valence-electron chi connectivity index (χ0n) is 27.4. The first kappa shape index (κ1) is 34.7. The summed E-state index contributed by atoms with van der Waals surface area (Å²) in [6, 6.07) is 9.25. The Bertz CT molecular complexity index is 1510. The molecule has 0 bridgehead atoms. The van der Waals surface area contributed by atoms with Gasteiger partial charge < -0.3 is 24.0 Å². The molecule has 5 rings (SSSR count). The van der Waals surface area contributed by atoms with Gasteiger partial charge in [0.15, 0.2) is 0 Å². The third kappa shape index (κ3) is 10.2. The van der Waals surface area contributed by atoms with Gasteiger partial charge in [0.25, 0.3) is 0 Å². The third-order valence-corrected chi connectivity index (χ3v) is 8.41. The number of amides is 1. The van der Waals surface area contributed by atoms with Crippen molar-refractivity contribution in [1.82, 2.24) is 24.8 Å². The molecule has 0 unspecified atom stereocenters. The second-order valence-corrected chi connectivity index (χ2v) is 13.7. The van der Waals surface area contributed by atoms with Crippen molar-refractivity contribution in [3.8, 4) is 23.0 Å². The van der Waals surface area contributed by atoms with Gasteiger partial charge in [0.05, 0.1) is 24.7 Å². The van der Waals surface area contributed by atoms with Gasteiger partial charge in [-0.15, -0.1) is 0 Å². The lowest BCUT2D eigenvalue weighted by atomic mass is 9.93. The number of hydrogen-bond acceptors (Lipinski definition) is 10. The summed E-state index contributed by atoms with van der Waals surface area (Å²) < 4.78 is 16.8. The molecule has 0 atom stereocenters. The number of anilines is 1. The Kier molecular flexibility index (Phi) is 11.4. The maximum Gasteiger partial charge on any atom is 0.410 e. The fourth-order valence-electron chi connectivity index (χ4n) is 5.69. The molecule has 2 fully saturated rings. The van der Waals surface area contributed by atoms with Gasteiger partial charge in [0.1, 0.15) is 11.4 Å². The van der Waals surface area contributed by atoms with Crippen LogP contribution in [0.2, 0.25) is 10.0 Å². The Morgan fingerprint density at radius 2 is 1.60 bits per heavy atom. The number of halogens is 2. The van der Waals surface area contributed by atoms with E-state index in [1.165, 1.54) is 0 Å². The minimum atomic E-state index is -0.532. The SMILES string of the molecule is CCOC(=O)CC1CCN(Cc2cc(Oc3cnc(N4CCN(C(=O)OC(C)(C)C)CC4)cn3)nc(-c3cc(Cl)cc(Cl)c3)c2)CC1. The first-order chi connectivity index (χ1) is 22.4. The van der Waals surface area contributed by atoms with Gasteiger partial charge >= 0.3 is 12.1 Å². The number of benzene rings is 1. The highest BCUT2D eigenvalue weighted by atomic mass is 35.5. The fourth-order valence-corrected chi connectivity index (χ4v) is 6.22. The summed E-state index contributed by atoms with van der Waals surface area (Å²) in [6.07, 6.45) is 5.27. The minimum Gasteiger partial charge on any atom is -0.466 e. The van der Waals surface area contributed by atoms with Gasteiger partial charge in [-0.05, 0) is 89.4 Å². The van der Waals surface area contributed by atoms with Crippen LogP contribution in [0.5, 0.6) is 11.8 Å². The van der Waals surface area contributed by atoms with Gasteiger partial charge in [-0.3, -0.25) is 9.69 Å². The quantitative estimate of drug-likeness (QED) is 0.222. The molecule has 0 saturated carbocycles. The molecule has 1 amide bonds. The lowest BCUT2D eigenvalue weighted by molar-refractivity contribution is -0.144. The normalized spacial score (nSPS) is 16.2. The van der Waals surface area contributed by atoms with Crippen LogP contribution in [0.25, 0.3) is 11.3 Å². The zero-order valence-corrected chi connectivity index (χ0v) is 28.9. The maximum atomic E-state index is 12.4. The molecule has 0 N–H and O–H groups in total. The number of esters is 1. The van der Waals surface area contributed by atoms with Crippen molar-refractivity contribution in [2.24, 2.45) is 5.92 Å². The van der Waals surface area contributed by atoms with E-state index in [1.807, 2.05) is 52.0 Å². The number of pyridine rings is 1. The molecule has 252 valence electrons. The summed E-state index contributed by atoms with van der Waals surface area (Å²) >= 11 is 12.7. The van der Waals surface area contributed by atoms with E-state index in [4.69, 9.17) is 42.4 Å². The van der Waals surface area contributed by atoms with Crippen LogP contribution in [0.15, 0.2) is 42.7 Å². The van der Waals surface area contributed by atoms with Gasteiger partial charge in [-0.1, -0.05) is 23.2 Å². The Balaban J connectivity index is 1.26. The largest absolute Gasteiger partial charge is 0.466 e. The van der Waals surface area contributed by atoms with E-state index in [0.29, 0.717) is 85.0 Å². The fraction of sp³-hybridized carbons (Fsp3) is 0.500. The van der Waals surface area contributed by atoms with Crippen molar-refractivity contribution in [1.29, 1.82) is 0 Å². The second-order valence-electron chi connectivity index (χ2n) is 12.9. The molecule has 47 heavy (non-hydrogen) atoms. The number of nitrogens with zero attached hydrogens (tertiary/aromatic N) is 6. The second kappa shape index (κ2) is 15.5. The van der Waals surface area contributed by atoms with Crippen molar-refractivity contribution in [2.75, 3.05) is 50.8 Å². The molecule has 2 aromatic heterocycles. The molecule has 0 spiro atoms. The number of piperidine rings is 1. The van der Waals surface area contributed by atoms with Crippen molar-refractivity contribution >= 4 is 41.1 Å². The topological polar surface area (TPSA) is 110 Å². The summed E-state index contributed by atoms with van der Waals surface area (Å²) in [4.78, 5) is 44.4. The number of carbonyl (C=O) groups is 2. The Labute approximate surface area is 286 Å². The smallest absolute Gasteiger partial charge is 0.410 e. The molecular formula is C34H42Cl2N6O5. The predicted molar refractivity (Wildman–Crippen MR) is 181 cm³/mol. The highest BCUT2D eigenvalue weighted by molar-refractivity contribution is 6.35.